The summed E-state index contributed by atoms with van der Waals surface area (Å²) in [5.41, 5.74) is -0.305. The number of hydrogen-bond donors (Lipinski definition) is 2. The standard InChI is InChI=1S/C14H15BrClNO3/c15-10-7-9(16)3-4-11(10)17-12(18)8-14(13(19)20)5-1-2-6-14/h3-4,7H,1-2,5-6,8H2,(H,17,18)(H,19,20). The third kappa shape index (κ3) is 3.33. The summed E-state index contributed by atoms with van der Waals surface area (Å²) in [5.74, 6) is -1.15. The number of carboxylic acid groups (broad SMARTS) is 1. The quantitative estimate of drug-likeness (QED) is 0.850. The van der Waals surface area contributed by atoms with Crippen LogP contribution in [0.2, 0.25) is 5.02 Å². The van der Waals surface area contributed by atoms with E-state index in [-0.39, 0.29) is 12.3 Å². The van der Waals surface area contributed by atoms with Crippen LogP contribution in [0.3, 0.4) is 0 Å². The first-order valence-electron chi connectivity index (χ1n) is 6.41. The molecule has 1 fully saturated rings. The summed E-state index contributed by atoms with van der Waals surface area (Å²) in [7, 11) is 0. The van der Waals surface area contributed by atoms with Crippen molar-refractivity contribution in [1.82, 2.24) is 0 Å². The molecule has 20 heavy (non-hydrogen) atoms. The van der Waals surface area contributed by atoms with Crippen LogP contribution in [0.25, 0.3) is 0 Å². The van der Waals surface area contributed by atoms with Crippen LogP contribution in [0, 0.1) is 5.41 Å². The highest BCUT2D eigenvalue weighted by Crippen LogP contribution is 2.41. The normalized spacial score (nSPS) is 16.9. The van der Waals surface area contributed by atoms with Crippen molar-refractivity contribution >= 4 is 45.1 Å². The lowest BCUT2D eigenvalue weighted by molar-refractivity contribution is -0.150. The molecule has 0 heterocycles. The fourth-order valence-electron chi connectivity index (χ4n) is 2.61. The Kier molecular flexibility index (Phi) is 4.70. The molecule has 0 radical (unpaired) electrons. The molecule has 0 aliphatic heterocycles. The van der Waals surface area contributed by atoms with E-state index in [4.69, 9.17) is 11.6 Å². The van der Waals surface area contributed by atoms with Crippen molar-refractivity contribution in [2.75, 3.05) is 5.32 Å². The van der Waals surface area contributed by atoms with Gasteiger partial charge >= 0.3 is 5.97 Å². The molecule has 0 saturated heterocycles. The molecule has 0 aromatic heterocycles. The number of hydrogen-bond acceptors (Lipinski definition) is 2. The average molecular weight is 361 g/mol. The molecule has 1 aromatic carbocycles. The molecule has 2 rings (SSSR count). The maximum atomic E-state index is 12.1. The van der Waals surface area contributed by atoms with Gasteiger partial charge in [-0.1, -0.05) is 24.4 Å². The van der Waals surface area contributed by atoms with Gasteiger partial charge in [0.15, 0.2) is 0 Å². The molecule has 1 amide bonds. The molecule has 1 aliphatic rings. The number of rotatable bonds is 4. The monoisotopic (exact) mass is 359 g/mol. The number of carbonyl (C=O) groups is 2. The molecular formula is C14H15BrClNO3. The summed E-state index contributed by atoms with van der Waals surface area (Å²) in [5, 5.41) is 12.7. The summed E-state index contributed by atoms with van der Waals surface area (Å²) >= 11 is 9.15. The van der Waals surface area contributed by atoms with Gasteiger partial charge in [-0.3, -0.25) is 9.59 Å². The van der Waals surface area contributed by atoms with Gasteiger partial charge in [-0.2, -0.15) is 0 Å². The second kappa shape index (κ2) is 6.14. The zero-order chi connectivity index (χ0) is 14.8. The Morgan fingerprint density at radius 3 is 2.55 bits per heavy atom. The predicted octanol–water partition coefficient (Wildman–Crippen LogP) is 4.08. The number of nitrogens with one attached hydrogen (secondary N) is 1. The smallest absolute Gasteiger partial charge is 0.310 e. The Morgan fingerprint density at radius 1 is 1.35 bits per heavy atom. The fourth-order valence-corrected chi connectivity index (χ4v) is 3.39. The number of amides is 1. The van der Waals surface area contributed by atoms with Crippen LogP contribution in [-0.4, -0.2) is 17.0 Å². The average Bonchev–Trinajstić information content (AvgIpc) is 2.82. The van der Waals surface area contributed by atoms with E-state index in [1.807, 2.05) is 0 Å². The molecule has 0 atom stereocenters. The van der Waals surface area contributed by atoms with E-state index in [1.54, 1.807) is 18.2 Å². The maximum absolute atomic E-state index is 12.1. The molecule has 1 saturated carbocycles. The van der Waals surface area contributed by atoms with Crippen LogP contribution < -0.4 is 5.32 Å². The Bertz CT molecular complexity index is 541. The number of aliphatic carboxylic acids is 1. The van der Waals surface area contributed by atoms with Crippen molar-refractivity contribution in [3.8, 4) is 0 Å². The van der Waals surface area contributed by atoms with Crippen LogP contribution in [-0.2, 0) is 9.59 Å². The van der Waals surface area contributed by atoms with Crippen molar-refractivity contribution in [1.29, 1.82) is 0 Å². The summed E-state index contributed by atoms with van der Waals surface area (Å²) < 4.78 is 0.675. The largest absolute Gasteiger partial charge is 0.481 e. The van der Waals surface area contributed by atoms with Crippen molar-refractivity contribution in [2.24, 2.45) is 5.41 Å². The van der Waals surface area contributed by atoms with E-state index in [0.29, 0.717) is 28.0 Å². The van der Waals surface area contributed by atoms with Crippen molar-refractivity contribution in [3.05, 3.63) is 27.7 Å². The van der Waals surface area contributed by atoms with Crippen LogP contribution in [0.4, 0.5) is 5.69 Å². The molecule has 2 N–H and O–H groups in total. The number of carboxylic acids is 1. The van der Waals surface area contributed by atoms with Crippen LogP contribution >= 0.6 is 27.5 Å². The van der Waals surface area contributed by atoms with Crippen molar-refractivity contribution in [2.45, 2.75) is 32.1 Å². The maximum Gasteiger partial charge on any atom is 0.310 e. The van der Waals surface area contributed by atoms with E-state index >= 15 is 0 Å². The molecule has 108 valence electrons. The summed E-state index contributed by atoms with van der Waals surface area (Å²) in [4.78, 5) is 23.5. The van der Waals surface area contributed by atoms with Gasteiger partial charge in [0.2, 0.25) is 5.91 Å². The molecular weight excluding hydrogens is 346 g/mol. The highest BCUT2D eigenvalue weighted by Gasteiger charge is 2.42. The lowest BCUT2D eigenvalue weighted by Gasteiger charge is -2.23. The summed E-state index contributed by atoms with van der Waals surface area (Å²) in [6.45, 7) is 0. The lowest BCUT2D eigenvalue weighted by atomic mass is 9.82. The first-order chi connectivity index (χ1) is 9.43. The number of halogens is 2. The van der Waals surface area contributed by atoms with E-state index in [0.717, 1.165) is 12.8 Å². The minimum absolute atomic E-state index is 0.0113. The van der Waals surface area contributed by atoms with Gasteiger partial charge in [0, 0.05) is 15.9 Å². The molecule has 0 bridgehead atoms. The van der Waals surface area contributed by atoms with E-state index in [2.05, 4.69) is 21.2 Å². The Hall–Kier alpha value is -1.07. The summed E-state index contributed by atoms with van der Waals surface area (Å²) in [6.07, 6.45) is 2.88. The second-order valence-electron chi connectivity index (χ2n) is 5.14. The van der Waals surface area contributed by atoms with Gasteiger partial charge in [0.05, 0.1) is 11.1 Å². The third-order valence-corrected chi connectivity index (χ3v) is 4.61. The molecule has 6 heteroatoms. The molecule has 4 nitrogen and oxygen atoms in total. The highest BCUT2D eigenvalue weighted by molar-refractivity contribution is 9.10. The lowest BCUT2D eigenvalue weighted by Crippen LogP contribution is -2.32. The van der Waals surface area contributed by atoms with Gasteiger partial charge in [-0.15, -0.1) is 0 Å². The van der Waals surface area contributed by atoms with E-state index in [1.165, 1.54) is 0 Å². The number of benzene rings is 1. The van der Waals surface area contributed by atoms with Crippen molar-refractivity contribution in [3.63, 3.8) is 0 Å². The first-order valence-corrected chi connectivity index (χ1v) is 7.58. The number of anilines is 1. The minimum Gasteiger partial charge on any atom is -0.481 e. The van der Waals surface area contributed by atoms with Gasteiger partial charge in [-0.05, 0) is 47.0 Å². The van der Waals surface area contributed by atoms with Gasteiger partial charge < -0.3 is 10.4 Å². The zero-order valence-electron chi connectivity index (χ0n) is 10.8. The van der Waals surface area contributed by atoms with Crippen LogP contribution in [0.1, 0.15) is 32.1 Å². The fraction of sp³-hybridized carbons (Fsp3) is 0.429. The molecule has 0 spiro atoms. The van der Waals surface area contributed by atoms with E-state index < -0.39 is 11.4 Å². The molecule has 0 unspecified atom stereocenters. The van der Waals surface area contributed by atoms with Crippen LogP contribution in [0.15, 0.2) is 22.7 Å². The Labute approximate surface area is 130 Å². The highest BCUT2D eigenvalue weighted by atomic mass is 79.9. The van der Waals surface area contributed by atoms with Gasteiger partial charge in [-0.25, -0.2) is 0 Å². The zero-order valence-corrected chi connectivity index (χ0v) is 13.1. The molecule has 1 aliphatic carbocycles. The van der Waals surface area contributed by atoms with Crippen LogP contribution in [0.5, 0.6) is 0 Å². The SMILES string of the molecule is O=C(CC1(C(=O)O)CCCC1)Nc1ccc(Cl)cc1Br. The third-order valence-electron chi connectivity index (χ3n) is 3.72. The Morgan fingerprint density at radius 2 is 2.00 bits per heavy atom. The Balaban J connectivity index is 2.07. The second-order valence-corrected chi connectivity index (χ2v) is 6.43. The summed E-state index contributed by atoms with van der Waals surface area (Å²) in [6, 6.07) is 5.04. The van der Waals surface area contributed by atoms with E-state index in [9.17, 15) is 14.7 Å². The first kappa shape index (κ1) is 15.3. The molecule has 1 aromatic rings. The van der Waals surface area contributed by atoms with Gasteiger partial charge in [0.1, 0.15) is 0 Å². The topological polar surface area (TPSA) is 66.4 Å². The minimum atomic E-state index is -0.900. The van der Waals surface area contributed by atoms with Gasteiger partial charge in [0.25, 0.3) is 0 Å². The van der Waals surface area contributed by atoms with Crippen molar-refractivity contribution < 1.29 is 14.7 Å². The number of carbonyl (C=O) groups excluding carboxylic acids is 1. The predicted molar refractivity (Wildman–Crippen MR) is 80.9 cm³/mol.